The first kappa shape index (κ1) is 20.2. The topological polar surface area (TPSA) is 101 Å². The summed E-state index contributed by atoms with van der Waals surface area (Å²) < 4.78 is 33.4. The van der Waals surface area contributed by atoms with Crippen LogP contribution in [0.4, 0.5) is 0 Å². The van der Waals surface area contributed by atoms with Gasteiger partial charge in [0.2, 0.25) is 10.0 Å². The Bertz CT molecular complexity index is 1200. The van der Waals surface area contributed by atoms with Crippen molar-refractivity contribution in [2.45, 2.75) is 11.5 Å². The fraction of sp³-hybridized carbons (Fsp3) is 0.111. The summed E-state index contributed by atoms with van der Waals surface area (Å²) in [5.41, 5.74) is 1.61. The summed E-state index contributed by atoms with van der Waals surface area (Å²) in [6, 6.07) is 11.3. The van der Waals surface area contributed by atoms with Crippen molar-refractivity contribution in [2.24, 2.45) is 0 Å². The highest BCUT2D eigenvalue weighted by Crippen LogP contribution is 2.24. The maximum absolute atomic E-state index is 12.2. The van der Waals surface area contributed by atoms with Gasteiger partial charge in [0, 0.05) is 18.0 Å². The molecule has 10 heteroatoms. The van der Waals surface area contributed by atoms with E-state index in [1.165, 1.54) is 18.2 Å². The minimum atomic E-state index is -3.96. The lowest BCUT2D eigenvalue weighted by atomic mass is 10.2. The zero-order chi connectivity index (χ0) is 20.3. The average molecular weight is 438 g/mol. The van der Waals surface area contributed by atoms with Crippen LogP contribution in [0.5, 0.6) is 0 Å². The van der Waals surface area contributed by atoms with E-state index in [0.717, 1.165) is 0 Å². The molecule has 7 nitrogen and oxygen atoms in total. The second-order valence-electron chi connectivity index (χ2n) is 5.70. The van der Waals surface area contributed by atoms with Crippen LogP contribution >= 0.6 is 23.2 Å². The molecule has 0 spiro atoms. The van der Waals surface area contributed by atoms with Crippen LogP contribution in [0.1, 0.15) is 11.1 Å². The van der Waals surface area contributed by atoms with Gasteiger partial charge in [-0.05, 0) is 30.3 Å². The summed E-state index contributed by atoms with van der Waals surface area (Å²) in [6.45, 7) is -0.726. The van der Waals surface area contributed by atoms with Gasteiger partial charge in [0.25, 0.3) is 0 Å². The summed E-state index contributed by atoms with van der Waals surface area (Å²) in [6.07, 6.45) is 3.45. The van der Waals surface area contributed by atoms with Crippen LogP contribution in [0.3, 0.4) is 0 Å². The number of carbonyl (C=O) groups excluding carboxylic acids is 1. The number of halogens is 2. The Morgan fingerprint density at radius 2 is 2.00 bits per heavy atom. The Labute approximate surface area is 171 Å². The third-order valence-electron chi connectivity index (χ3n) is 3.87. The van der Waals surface area contributed by atoms with E-state index in [4.69, 9.17) is 27.9 Å². The zero-order valence-corrected chi connectivity index (χ0v) is 16.6. The first-order valence-corrected chi connectivity index (χ1v) is 10.1. The van der Waals surface area contributed by atoms with Gasteiger partial charge >= 0.3 is 5.97 Å². The van der Waals surface area contributed by atoms with Crippen molar-refractivity contribution in [2.75, 3.05) is 6.54 Å². The van der Waals surface area contributed by atoms with Gasteiger partial charge < -0.3 is 9.14 Å². The number of carbonyl (C=O) groups is 1. The first-order chi connectivity index (χ1) is 13.3. The quantitative estimate of drug-likeness (QED) is 0.596. The minimum absolute atomic E-state index is 0.0805. The molecule has 2 heterocycles. The van der Waals surface area contributed by atoms with E-state index in [-0.39, 0.29) is 21.5 Å². The standard InChI is InChI=1S/C18H13Cl2N3O4S/c19-15-5-4-13(7-16(15)20)28(25,26)22-9-18(24)27-11-12-10-23-6-2-1-3-17(23)14(12)8-21/h1-7,10,22H,9,11H2. The summed E-state index contributed by atoms with van der Waals surface area (Å²) in [4.78, 5) is 11.8. The maximum Gasteiger partial charge on any atom is 0.321 e. The predicted molar refractivity (Wildman–Crippen MR) is 104 cm³/mol. The molecule has 0 saturated heterocycles. The van der Waals surface area contributed by atoms with E-state index in [1.807, 2.05) is 6.07 Å². The minimum Gasteiger partial charge on any atom is -0.460 e. The van der Waals surface area contributed by atoms with Crippen LogP contribution in [0.2, 0.25) is 10.0 Å². The Kier molecular flexibility index (Phi) is 5.91. The molecule has 0 aliphatic carbocycles. The second kappa shape index (κ2) is 8.20. The number of sulfonamides is 1. The second-order valence-corrected chi connectivity index (χ2v) is 8.28. The number of nitrogens with zero attached hydrogens (tertiary/aromatic N) is 2. The lowest BCUT2D eigenvalue weighted by Crippen LogP contribution is -2.30. The Balaban J connectivity index is 1.63. The SMILES string of the molecule is N#Cc1c(COC(=O)CNS(=O)(=O)c2ccc(Cl)c(Cl)c2)cn2ccccc12. The third kappa shape index (κ3) is 4.29. The van der Waals surface area contributed by atoms with E-state index in [1.54, 1.807) is 28.9 Å². The first-order valence-electron chi connectivity index (χ1n) is 7.91. The van der Waals surface area contributed by atoms with Gasteiger partial charge in [-0.1, -0.05) is 29.3 Å². The number of nitrogens with one attached hydrogen (secondary N) is 1. The highest BCUT2D eigenvalue weighted by atomic mass is 35.5. The van der Waals surface area contributed by atoms with Crippen LogP contribution < -0.4 is 4.72 Å². The molecule has 3 aromatic rings. The number of benzene rings is 1. The molecule has 0 atom stereocenters. The van der Waals surface area contributed by atoms with Crippen molar-refractivity contribution in [3.63, 3.8) is 0 Å². The third-order valence-corrected chi connectivity index (χ3v) is 6.01. The molecule has 0 fully saturated rings. The van der Waals surface area contributed by atoms with Gasteiger partial charge in [-0.25, -0.2) is 8.42 Å². The highest BCUT2D eigenvalue weighted by molar-refractivity contribution is 7.89. The number of aromatic nitrogens is 1. The number of pyridine rings is 1. The number of ether oxygens (including phenoxy) is 1. The number of fused-ring (bicyclic) bond motifs is 1. The molecule has 1 aromatic carbocycles. The summed E-state index contributed by atoms with van der Waals surface area (Å²) in [5, 5.41) is 9.63. The number of esters is 1. The summed E-state index contributed by atoms with van der Waals surface area (Å²) in [5.74, 6) is -0.789. The molecule has 0 bridgehead atoms. The van der Waals surface area contributed by atoms with Crippen LogP contribution in [0, 0.1) is 11.3 Å². The smallest absolute Gasteiger partial charge is 0.321 e. The van der Waals surface area contributed by atoms with Gasteiger partial charge in [-0.2, -0.15) is 9.98 Å². The molecule has 28 heavy (non-hydrogen) atoms. The number of nitriles is 1. The van der Waals surface area contributed by atoms with E-state index in [9.17, 15) is 18.5 Å². The fourth-order valence-corrected chi connectivity index (χ4v) is 3.86. The van der Waals surface area contributed by atoms with Crippen LogP contribution in [-0.4, -0.2) is 25.3 Å². The summed E-state index contributed by atoms with van der Waals surface area (Å²) in [7, 11) is -3.96. The maximum atomic E-state index is 12.2. The van der Waals surface area contributed by atoms with Gasteiger partial charge in [0.15, 0.2) is 0 Å². The molecule has 0 radical (unpaired) electrons. The molecule has 2 aromatic heterocycles. The Morgan fingerprint density at radius 1 is 1.21 bits per heavy atom. The van der Waals surface area contributed by atoms with Crippen molar-refractivity contribution in [3.05, 3.63) is 70.0 Å². The van der Waals surface area contributed by atoms with Gasteiger partial charge in [0.05, 0.1) is 26.0 Å². The number of hydrogen-bond acceptors (Lipinski definition) is 5. The van der Waals surface area contributed by atoms with Crippen molar-refractivity contribution >= 4 is 44.7 Å². The largest absolute Gasteiger partial charge is 0.460 e. The molecule has 0 aliphatic rings. The van der Waals surface area contributed by atoms with E-state index in [2.05, 4.69) is 10.8 Å². The molecule has 0 aliphatic heterocycles. The van der Waals surface area contributed by atoms with Crippen molar-refractivity contribution in [1.29, 1.82) is 5.26 Å². The van der Waals surface area contributed by atoms with Gasteiger partial charge in [0.1, 0.15) is 19.2 Å². The Morgan fingerprint density at radius 3 is 2.71 bits per heavy atom. The molecular weight excluding hydrogens is 425 g/mol. The number of hydrogen-bond donors (Lipinski definition) is 1. The Hall–Kier alpha value is -2.57. The summed E-state index contributed by atoms with van der Waals surface area (Å²) >= 11 is 11.6. The molecule has 0 unspecified atom stereocenters. The molecular formula is C18H13Cl2N3O4S. The predicted octanol–water partition coefficient (Wildman–Crippen LogP) is 3.14. The van der Waals surface area contributed by atoms with Gasteiger partial charge in [-0.3, -0.25) is 4.79 Å². The van der Waals surface area contributed by atoms with Crippen molar-refractivity contribution in [3.8, 4) is 6.07 Å². The van der Waals surface area contributed by atoms with Crippen molar-refractivity contribution in [1.82, 2.24) is 9.12 Å². The van der Waals surface area contributed by atoms with Crippen LogP contribution in [0.15, 0.2) is 53.7 Å². The fourth-order valence-electron chi connectivity index (χ4n) is 2.51. The van der Waals surface area contributed by atoms with Crippen LogP contribution in [0.25, 0.3) is 5.52 Å². The average Bonchev–Trinajstić information content (AvgIpc) is 3.04. The lowest BCUT2D eigenvalue weighted by Gasteiger charge is -2.08. The normalized spacial score (nSPS) is 11.3. The van der Waals surface area contributed by atoms with E-state index >= 15 is 0 Å². The van der Waals surface area contributed by atoms with Crippen LogP contribution in [-0.2, 0) is 26.2 Å². The molecule has 3 rings (SSSR count). The van der Waals surface area contributed by atoms with Gasteiger partial charge in [-0.15, -0.1) is 0 Å². The monoisotopic (exact) mass is 437 g/mol. The molecule has 0 saturated carbocycles. The highest BCUT2D eigenvalue weighted by Gasteiger charge is 2.18. The van der Waals surface area contributed by atoms with Crippen molar-refractivity contribution < 1.29 is 17.9 Å². The van der Waals surface area contributed by atoms with E-state index in [0.29, 0.717) is 16.6 Å². The molecule has 144 valence electrons. The zero-order valence-electron chi connectivity index (χ0n) is 14.2. The van der Waals surface area contributed by atoms with E-state index < -0.39 is 22.5 Å². The lowest BCUT2D eigenvalue weighted by molar-refractivity contribution is -0.143. The molecule has 1 N–H and O–H groups in total. The molecule has 0 amide bonds. The number of rotatable bonds is 6.